The fourth-order valence-electron chi connectivity index (χ4n) is 0.138. The molecule has 0 unspecified atom stereocenters. The molecule has 0 aliphatic rings. The summed E-state index contributed by atoms with van der Waals surface area (Å²) in [7, 11) is 0. The number of nitriles is 1. The predicted octanol–water partition coefficient (Wildman–Crippen LogP) is 0.931. The zero-order valence-corrected chi connectivity index (χ0v) is 5.56. The topological polar surface area (TPSA) is 23.8 Å². The van der Waals surface area contributed by atoms with Crippen molar-refractivity contribution in [2.75, 3.05) is 0 Å². The molecule has 0 aliphatic carbocycles. The minimum atomic E-state index is 0.116. The van der Waals surface area contributed by atoms with Crippen molar-refractivity contribution in [3.8, 4) is 4.97 Å². The van der Waals surface area contributed by atoms with E-state index in [0.717, 1.165) is 5.32 Å². The third kappa shape index (κ3) is 5.53. The summed E-state index contributed by atoms with van der Waals surface area (Å²) in [4.78, 5) is 2.07. The van der Waals surface area contributed by atoms with Crippen molar-refractivity contribution < 1.29 is 0 Å². The van der Waals surface area contributed by atoms with Crippen LogP contribution in [-0.4, -0.2) is 15.0 Å². The van der Waals surface area contributed by atoms with Gasteiger partial charge in [-0.3, -0.25) is 0 Å². The van der Waals surface area contributed by atoms with Crippen LogP contribution in [0.15, 0.2) is 18.4 Å². The first-order valence-electron chi connectivity index (χ1n) is 1.77. The van der Waals surface area contributed by atoms with Crippen LogP contribution in [-0.2, 0) is 0 Å². The molecule has 0 spiro atoms. The van der Waals surface area contributed by atoms with Gasteiger partial charge in [-0.05, 0) is 0 Å². The second kappa shape index (κ2) is 5.53. The third-order valence-corrected chi connectivity index (χ3v) is 1.35. The van der Waals surface area contributed by atoms with Crippen LogP contribution in [0.3, 0.4) is 0 Å². The molecule has 0 saturated heterocycles. The Kier molecular flexibility index (Phi) is 5.16. The first-order chi connectivity index (χ1) is 3.41. The van der Waals surface area contributed by atoms with Crippen LogP contribution in [0.25, 0.3) is 0 Å². The van der Waals surface area contributed by atoms with Crippen molar-refractivity contribution in [3.63, 3.8) is 0 Å². The van der Waals surface area contributed by atoms with Gasteiger partial charge in [0.05, 0.1) is 0 Å². The van der Waals surface area contributed by atoms with Gasteiger partial charge in [-0.15, -0.1) is 0 Å². The fraction of sp³-hybridized carbons (Fsp3) is 0.200. The van der Waals surface area contributed by atoms with Gasteiger partial charge in [0, 0.05) is 0 Å². The van der Waals surface area contributed by atoms with Crippen molar-refractivity contribution in [1.29, 1.82) is 5.26 Å². The van der Waals surface area contributed by atoms with Gasteiger partial charge in [0.2, 0.25) is 0 Å². The van der Waals surface area contributed by atoms with Gasteiger partial charge in [0.15, 0.2) is 0 Å². The van der Waals surface area contributed by atoms with Crippen molar-refractivity contribution >= 4 is 15.0 Å². The normalized spacial score (nSPS) is 6.14. The summed E-state index contributed by atoms with van der Waals surface area (Å²) in [6.07, 6.45) is 1.78. The Morgan fingerprint density at radius 2 is 2.57 bits per heavy atom. The second-order valence-electron chi connectivity index (χ2n) is 0.811. The van der Waals surface area contributed by atoms with Crippen molar-refractivity contribution in [3.05, 3.63) is 18.4 Å². The van der Waals surface area contributed by atoms with Crippen LogP contribution in [0.1, 0.15) is 0 Å². The van der Waals surface area contributed by atoms with Crippen LogP contribution in [0.4, 0.5) is 0 Å². The fourth-order valence-corrected chi connectivity index (χ4v) is 0.716. The van der Waals surface area contributed by atoms with Crippen molar-refractivity contribution in [1.82, 2.24) is 0 Å². The Bertz CT molecular complexity index is 117. The van der Waals surface area contributed by atoms with Crippen LogP contribution >= 0.6 is 0 Å². The van der Waals surface area contributed by atoms with Gasteiger partial charge in [-0.25, -0.2) is 0 Å². The number of hydrogen-bond acceptors (Lipinski definition) is 1. The molecule has 0 bridgehead atoms. The molecular formula is C5H5NSe. The number of rotatable bonds is 2. The van der Waals surface area contributed by atoms with Crippen LogP contribution in [0.5, 0.6) is 0 Å². The van der Waals surface area contributed by atoms with Gasteiger partial charge in [-0.1, -0.05) is 0 Å². The summed E-state index contributed by atoms with van der Waals surface area (Å²) in [5.41, 5.74) is 2.59. The van der Waals surface area contributed by atoms with Crippen LogP contribution in [0.2, 0.25) is 5.32 Å². The van der Waals surface area contributed by atoms with E-state index in [0.29, 0.717) is 0 Å². The monoisotopic (exact) mass is 159 g/mol. The van der Waals surface area contributed by atoms with E-state index in [2.05, 4.69) is 17.3 Å². The predicted molar refractivity (Wildman–Crippen MR) is 29.9 cm³/mol. The summed E-state index contributed by atoms with van der Waals surface area (Å²) in [5, 5.41) is 8.84. The van der Waals surface area contributed by atoms with Crippen molar-refractivity contribution in [2.45, 2.75) is 5.32 Å². The summed E-state index contributed by atoms with van der Waals surface area (Å²) >= 11 is 0.116. The van der Waals surface area contributed by atoms with E-state index < -0.39 is 0 Å². The molecule has 0 atom stereocenters. The molecule has 0 radical (unpaired) electrons. The Balaban J connectivity index is 3.03. The first-order valence-corrected chi connectivity index (χ1v) is 3.83. The average molecular weight is 158 g/mol. The zero-order valence-electron chi connectivity index (χ0n) is 3.85. The van der Waals surface area contributed by atoms with E-state index in [-0.39, 0.29) is 15.0 Å². The van der Waals surface area contributed by atoms with E-state index in [1.54, 1.807) is 6.08 Å². The van der Waals surface area contributed by atoms with Gasteiger partial charge >= 0.3 is 48.9 Å². The van der Waals surface area contributed by atoms with E-state index in [4.69, 9.17) is 5.26 Å². The quantitative estimate of drug-likeness (QED) is 0.333. The van der Waals surface area contributed by atoms with E-state index >= 15 is 0 Å². The molecule has 0 amide bonds. The summed E-state index contributed by atoms with van der Waals surface area (Å²) in [5.74, 6) is 0. The molecule has 0 rings (SSSR count). The average Bonchev–Trinajstić information content (AvgIpc) is 1.69. The van der Waals surface area contributed by atoms with E-state index in [1.165, 1.54) is 0 Å². The molecule has 0 aromatic heterocycles. The summed E-state index contributed by atoms with van der Waals surface area (Å²) in [6, 6.07) is 0. The number of hydrogen-bond donors (Lipinski definition) is 0. The molecule has 0 heterocycles. The van der Waals surface area contributed by atoms with E-state index in [1.807, 2.05) is 0 Å². The molecule has 7 heavy (non-hydrogen) atoms. The maximum atomic E-state index is 8.00. The zero-order chi connectivity index (χ0) is 5.54. The van der Waals surface area contributed by atoms with E-state index in [9.17, 15) is 0 Å². The minimum absolute atomic E-state index is 0.116. The van der Waals surface area contributed by atoms with Crippen LogP contribution in [0, 0.1) is 10.2 Å². The van der Waals surface area contributed by atoms with Gasteiger partial charge in [0.1, 0.15) is 0 Å². The first kappa shape index (κ1) is 6.53. The number of allylic oxidation sites excluding steroid dienone is 1. The Hall–Kier alpha value is -0.471. The molecule has 36 valence electrons. The molecule has 0 aromatic carbocycles. The van der Waals surface area contributed by atoms with Gasteiger partial charge in [-0.2, -0.15) is 0 Å². The van der Waals surface area contributed by atoms with Crippen molar-refractivity contribution in [2.24, 2.45) is 0 Å². The molecular weight excluding hydrogens is 153 g/mol. The molecule has 0 aliphatic heterocycles. The molecule has 0 aromatic rings. The maximum absolute atomic E-state index is 8.00. The summed E-state index contributed by atoms with van der Waals surface area (Å²) < 4.78 is 0. The Morgan fingerprint density at radius 3 is 3.00 bits per heavy atom. The Labute approximate surface area is 49.5 Å². The summed E-state index contributed by atoms with van der Waals surface area (Å²) in [6.45, 7) is 3.35. The second-order valence-corrected chi connectivity index (χ2v) is 2.50. The molecule has 0 saturated carbocycles. The SMILES string of the molecule is C=C=CC[Se]C#N. The van der Waals surface area contributed by atoms with Gasteiger partial charge in [0.25, 0.3) is 0 Å². The Morgan fingerprint density at radius 1 is 1.86 bits per heavy atom. The molecule has 0 fully saturated rings. The van der Waals surface area contributed by atoms with Crippen LogP contribution < -0.4 is 0 Å². The molecule has 2 heteroatoms. The molecule has 1 nitrogen and oxygen atoms in total. The van der Waals surface area contributed by atoms with Gasteiger partial charge < -0.3 is 0 Å². The number of nitrogens with zero attached hydrogens (tertiary/aromatic N) is 1. The molecule has 0 N–H and O–H groups in total. The standard InChI is InChI=1S/C5H5NSe/c1-2-3-4-7-5-6/h3H,1,4H2. The third-order valence-electron chi connectivity index (χ3n) is 0.376.